The number of hydrogen-bond donors (Lipinski definition) is 1. The molecule has 0 bridgehead atoms. The Balaban J connectivity index is 0.00000162. The molecule has 19 heavy (non-hydrogen) atoms. The predicted molar refractivity (Wildman–Crippen MR) is 83.1 cm³/mol. The Morgan fingerprint density at radius 3 is 2.42 bits per heavy atom. The van der Waals surface area contributed by atoms with Gasteiger partial charge in [-0.1, -0.05) is 6.42 Å². The highest BCUT2D eigenvalue weighted by Gasteiger charge is 2.27. The fourth-order valence-electron chi connectivity index (χ4n) is 3.00. The van der Waals surface area contributed by atoms with Crippen LogP contribution in [-0.2, 0) is 4.79 Å². The zero-order valence-corrected chi connectivity index (χ0v) is 13.2. The third kappa shape index (κ3) is 5.86. The van der Waals surface area contributed by atoms with Gasteiger partial charge in [-0.15, -0.1) is 24.8 Å². The van der Waals surface area contributed by atoms with Crippen molar-refractivity contribution in [1.82, 2.24) is 9.80 Å². The van der Waals surface area contributed by atoms with Gasteiger partial charge < -0.3 is 15.5 Å². The third-order valence-corrected chi connectivity index (χ3v) is 3.96. The summed E-state index contributed by atoms with van der Waals surface area (Å²) < 4.78 is 0. The number of amides is 1. The first-order valence-electron chi connectivity index (χ1n) is 7.00. The van der Waals surface area contributed by atoms with E-state index in [9.17, 15) is 4.79 Å². The van der Waals surface area contributed by atoms with E-state index in [-0.39, 0.29) is 30.7 Å². The molecule has 2 N–H and O–H groups in total. The molecule has 2 fully saturated rings. The Kier molecular flexibility index (Phi) is 9.79. The second-order valence-electron chi connectivity index (χ2n) is 5.39. The lowest BCUT2D eigenvalue weighted by atomic mass is 10.1. The maximum absolute atomic E-state index is 11.7. The number of carbonyl (C=O) groups excluding carboxylic acids is 1. The Hall–Kier alpha value is -0.0300. The van der Waals surface area contributed by atoms with Crippen molar-refractivity contribution in [3.8, 4) is 0 Å². The molecule has 2 saturated heterocycles. The molecule has 0 radical (unpaired) electrons. The minimum absolute atomic E-state index is 0. The van der Waals surface area contributed by atoms with Crippen molar-refractivity contribution in [2.45, 2.75) is 32.1 Å². The number of carbonyl (C=O) groups is 1. The second kappa shape index (κ2) is 9.81. The molecule has 0 aromatic heterocycles. The van der Waals surface area contributed by atoms with E-state index in [0.29, 0.717) is 18.9 Å². The van der Waals surface area contributed by atoms with E-state index >= 15 is 0 Å². The molecule has 1 atom stereocenters. The molecule has 0 aromatic rings. The van der Waals surface area contributed by atoms with Crippen LogP contribution in [0.2, 0.25) is 0 Å². The Bertz CT molecular complexity index is 260. The van der Waals surface area contributed by atoms with Gasteiger partial charge in [0.25, 0.3) is 0 Å². The van der Waals surface area contributed by atoms with Gasteiger partial charge in [-0.05, 0) is 38.3 Å². The molecular formula is C13H27Cl2N3O. The summed E-state index contributed by atoms with van der Waals surface area (Å²) in [6.45, 7) is 6.08. The fourth-order valence-corrected chi connectivity index (χ4v) is 3.00. The first-order valence-corrected chi connectivity index (χ1v) is 7.00. The van der Waals surface area contributed by atoms with E-state index in [1.165, 1.54) is 45.3 Å². The summed E-state index contributed by atoms with van der Waals surface area (Å²) in [5.74, 6) is 0.934. The quantitative estimate of drug-likeness (QED) is 0.856. The van der Waals surface area contributed by atoms with Crippen molar-refractivity contribution in [3.05, 3.63) is 0 Å². The predicted octanol–water partition coefficient (Wildman–Crippen LogP) is 1.51. The first-order chi connectivity index (χ1) is 8.29. The van der Waals surface area contributed by atoms with Crippen LogP contribution in [0.3, 0.4) is 0 Å². The van der Waals surface area contributed by atoms with Gasteiger partial charge in [0.2, 0.25) is 5.91 Å². The van der Waals surface area contributed by atoms with E-state index in [1.807, 2.05) is 4.90 Å². The van der Waals surface area contributed by atoms with E-state index < -0.39 is 0 Å². The van der Waals surface area contributed by atoms with Crippen LogP contribution >= 0.6 is 24.8 Å². The highest BCUT2D eigenvalue weighted by molar-refractivity contribution is 5.85. The molecule has 2 aliphatic rings. The summed E-state index contributed by atoms with van der Waals surface area (Å²) in [5.41, 5.74) is 5.43. The van der Waals surface area contributed by atoms with Crippen LogP contribution in [0.1, 0.15) is 32.1 Å². The molecule has 6 heteroatoms. The molecule has 1 amide bonds. The van der Waals surface area contributed by atoms with E-state index in [4.69, 9.17) is 5.73 Å². The Morgan fingerprint density at radius 2 is 1.79 bits per heavy atom. The first kappa shape index (κ1) is 19.0. The summed E-state index contributed by atoms with van der Waals surface area (Å²) in [7, 11) is 0. The van der Waals surface area contributed by atoms with Crippen molar-refractivity contribution >= 4 is 30.7 Å². The Labute approximate surface area is 128 Å². The van der Waals surface area contributed by atoms with Gasteiger partial charge in [0.1, 0.15) is 0 Å². The lowest BCUT2D eigenvalue weighted by Gasteiger charge is -2.29. The van der Waals surface area contributed by atoms with Crippen molar-refractivity contribution in [2.24, 2.45) is 11.7 Å². The number of nitrogens with zero attached hydrogens (tertiary/aromatic N) is 2. The molecule has 4 nitrogen and oxygen atoms in total. The van der Waals surface area contributed by atoms with Gasteiger partial charge in [0, 0.05) is 32.6 Å². The lowest BCUT2D eigenvalue weighted by Crippen LogP contribution is -2.36. The zero-order chi connectivity index (χ0) is 12.1. The van der Waals surface area contributed by atoms with Crippen molar-refractivity contribution in [2.75, 3.05) is 39.3 Å². The van der Waals surface area contributed by atoms with E-state index in [1.54, 1.807) is 0 Å². The molecule has 114 valence electrons. The molecular weight excluding hydrogens is 285 g/mol. The molecule has 2 heterocycles. The molecule has 0 aliphatic carbocycles. The zero-order valence-electron chi connectivity index (χ0n) is 11.6. The van der Waals surface area contributed by atoms with Crippen LogP contribution in [0.25, 0.3) is 0 Å². The van der Waals surface area contributed by atoms with Crippen molar-refractivity contribution < 1.29 is 4.79 Å². The summed E-state index contributed by atoms with van der Waals surface area (Å²) in [6, 6.07) is 0. The normalized spacial score (nSPS) is 23.6. The van der Waals surface area contributed by atoms with Crippen molar-refractivity contribution in [1.29, 1.82) is 0 Å². The average Bonchev–Trinajstić information content (AvgIpc) is 2.79. The van der Waals surface area contributed by atoms with Crippen molar-refractivity contribution in [3.63, 3.8) is 0 Å². The van der Waals surface area contributed by atoms with E-state index in [0.717, 1.165) is 13.1 Å². The summed E-state index contributed by atoms with van der Waals surface area (Å²) in [4.78, 5) is 16.3. The van der Waals surface area contributed by atoms with Gasteiger partial charge in [-0.3, -0.25) is 4.79 Å². The second-order valence-corrected chi connectivity index (χ2v) is 5.39. The van der Waals surface area contributed by atoms with Crippen LogP contribution in [0, 0.1) is 5.92 Å². The van der Waals surface area contributed by atoms with Crippen LogP contribution in [0.4, 0.5) is 0 Å². The molecule has 0 aromatic carbocycles. The third-order valence-electron chi connectivity index (χ3n) is 3.96. The van der Waals surface area contributed by atoms with Gasteiger partial charge in [-0.25, -0.2) is 0 Å². The SMILES string of the molecule is Cl.Cl.NCCC(=O)N1CCC(CN2CCCCC2)C1. The maximum Gasteiger partial charge on any atom is 0.223 e. The molecule has 2 rings (SSSR count). The average molecular weight is 312 g/mol. The van der Waals surface area contributed by atoms with Gasteiger partial charge >= 0.3 is 0 Å². The Morgan fingerprint density at radius 1 is 1.11 bits per heavy atom. The highest BCUT2D eigenvalue weighted by atomic mass is 35.5. The summed E-state index contributed by atoms with van der Waals surface area (Å²) in [6.07, 6.45) is 5.77. The maximum atomic E-state index is 11.7. The topological polar surface area (TPSA) is 49.6 Å². The number of halogens is 2. The molecule has 1 unspecified atom stereocenters. The van der Waals surface area contributed by atoms with Gasteiger partial charge in [0.05, 0.1) is 0 Å². The molecule has 2 aliphatic heterocycles. The number of piperidine rings is 1. The van der Waals surface area contributed by atoms with Crippen LogP contribution < -0.4 is 5.73 Å². The van der Waals surface area contributed by atoms with Crippen LogP contribution in [0.15, 0.2) is 0 Å². The summed E-state index contributed by atoms with van der Waals surface area (Å²) >= 11 is 0. The van der Waals surface area contributed by atoms with E-state index in [2.05, 4.69) is 4.90 Å². The molecule has 0 spiro atoms. The lowest BCUT2D eigenvalue weighted by molar-refractivity contribution is -0.130. The smallest absolute Gasteiger partial charge is 0.223 e. The molecule has 0 saturated carbocycles. The number of hydrogen-bond acceptors (Lipinski definition) is 3. The number of likely N-dealkylation sites (tertiary alicyclic amines) is 2. The van der Waals surface area contributed by atoms with Gasteiger partial charge in [0.15, 0.2) is 0 Å². The minimum Gasteiger partial charge on any atom is -0.342 e. The number of rotatable bonds is 4. The fraction of sp³-hybridized carbons (Fsp3) is 0.923. The minimum atomic E-state index is 0. The number of nitrogens with two attached hydrogens (primary N) is 1. The summed E-state index contributed by atoms with van der Waals surface area (Å²) in [5, 5.41) is 0. The largest absolute Gasteiger partial charge is 0.342 e. The highest BCUT2D eigenvalue weighted by Crippen LogP contribution is 2.20. The van der Waals surface area contributed by atoms with Crippen LogP contribution in [-0.4, -0.2) is 55.0 Å². The van der Waals surface area contributed by atoms with Gasteiger partial charge in [-0.2, -0.15) is 0 Å². The standard InChI is InChI=1S/C13H25N3O.2ClH/c14-6-4-13(17)16-9-5-12(11-16)10-15-7-2-1-3-8-15;;/h12H,1-11,14H2;2*1H. The monoisotopic (exact) mass is 311 g/mol. The van der Waals surface area contributed by atoms with Crippen LogP contribution in [0.5, 0.6) is 0 Å².